The maximum Gasteiger partial charge on any atom is 0.0704 e. The molecule has 0 aromatic carbocycles. The highest BCUT2D eigenvalue weighted by Gasteiger charge is 2.25. The molecule has 0 fully saturated rings. The predicted molar refractivity (Wildman–Crippen MR) is 71.2 cm³/mol. The van der Waals surface area contributed by atoms with Gasteiger partial charge in [0.1, 0.15) is 0 Å². The van der Waals surface area contributed by atoms with Crippen LogP contribution in [-0.4, -0.2) is 37.6 Å². The average molecular weight is 246 g/mol. The lowest BCUT2D eigenvalue weighted by Crippen LogP contribution is -2.31. The Kier molecular flexibility index (Phi) is 8.83. The molecule has 0 radical (unpaired) electrons. The number of hydrogen-bond acceptors (Lipinski definition) is 3. The van der Waals surface area contributed by atoms with E-state index < -0.39 is 0 Å². The molecule has 3 nitrogen and oxygen atoms in total. The van der Waals surface area contributed by atoms with Crippen LogP contribution in [0.2, 0.25) is 0 Å². The van der Waals surface area contributed by atoms with Crippen LogP contribution in [0.4, 0.5) is 0 Å². The van der Waals surface area contributed by atoms with Gasteiger partial charge in [0.2, 0.25) is 0 Å². The van der Waals surface area contributed by atoms with E-state index >= 15 is 0 Å². The smallest absolute Gasteiger partial charge is 0.0704 e. The molecular weight excluding hydrogens is 216 g/mol. The molecule has 0 saturated heterocycles. The van der Waals surface area contributed by atoms with Crippen molar-refractivity contribution in [3.8, 4) is 0 Å². The fraction of sp³-hybridized carbons (Fsp3) is 1.00. The zero-order valence-electron chi connectivity index (χ0n) is 12.2. The van der Waals surface area contributed by atoms with Crippen LogP contribution >= 0.6 is 0 Å². The van der Waals surface area contributed by atoms with E-state index in [1.165, 1.54) is 6.42 Å². The van der Waals surface area contributed by atoms with Gasteiger partial charge < -0.3 is 14.6 Å². The average Bonchev–Trinajstić information content (AvgIpc) is 2.19. The molecule has 0 rings (SSSR count). The second-order valence-electron chi connectivity index (χ2n) is 6.03. The number of hydrogen-bond donors (Lipinski definition) is 1. The van der Waals surface area contributed by atoms with Gasteiger partial charge in [0.05, 0.1) is 32.5 Å². The van der Waals surface area contributed by atoms with Crippen molar-refractivity contribution in [3.05, 3.63) is 0 Å². The van der Waals surface area contributed by atoms with Crippen molar-refractivity contribution in [2.24, 2.45) is 11.3 Å². The maximum atomic E-state index is 8.58. The van der Waals surface area contributed by atoms with E-state index in [9.17, 15) is 0 Å². The summed E-state index contributed by atoms with van der Waals surface area (Å²) in [4.78, 5) is 0. The molecule has 0 aliphatic heterocycles. The highest BCUT2D eigenvalue weighted by Crippen LogP contribution is 2.27. The van der Waals surface area contributed by atoms with Gasteiger partial charge in [-0.05, 0) is 24.2 Å². The Morgan fingerprint density at radius 1 is 1.00 bits per heavy atom. The van der Waals surface area contributed by atoms with Gasteiger partial charge in [0.15, 0.2) is 0 Å². The summed E-state index contributed by atoms with van der Waals surface area (Å²) >= 11 is 0. The summed E-state index contributed by atoms with van der Waals surface area (Å²) in [5, 5.41) is 8.58. The molecule has 1 N–H and O–H groups in total. The van der Waals surface area contributed by atoms with E-state index in [0.717, 1.165) is 6.42 Å². The molecule has 104 valence electrons. The van der Waals surface area contributed by atoms with Crippen LogP contribution in [0.1, 0.15) is 47.5 Å². The van der Waals surface area contributed by atoms with Crippen LogP contribution in [0, 0.1) is 11.3 Å². The minimum atomic E-state index is 0.0794. The minimum absolute atomic E-state index is 0.0794. The lowest BCUT2D eigenvalue weighted by molar-refractivity contribution is -0.0516. The van der Waals surface area contributed by atoms with Crippen molar-refractivity contribution in [3.63, 3.8) is 0 Å². The van der Waals surface area contributed by atoms with E-state index in [-0.39, 0.29) is 18.1 Å². The van der Waals surface area contributed by atoms with Gasteiger partial charge in [-0.25, -0.2) is 0 Å². The number of aliphatic hydroxyl groups excluding tert-OH is 1. The summed E-state index contributed by atoms with van der Waals surface area (Å²) in [6.45, 7) is 12.8. The van der Waals surface area contributed by atoms with Gasteiger partial charge >= 0.3 is 0 Å². The van der Waals surface area contributed by atoms with E-state index in [1.807, 2.05) is 0 Å². The Hall–Kier alpha value is -0.120. The number of ether oxygens (including phenoxy) is 2. The van der Waals surface area contributed by atoms with Gasteiger partial charge in [-0.1, -0.05) is 34.6 Å². The van der Waals surface area contributed by atoms with Crippen molar-refractivity contribution in [2.45, 2.75) is 53.6 Å². The third-order valence-electron chi connectivity index (χ3n) is 2.75. The molecule has 17 heavy (non-hydrogen) atoms. The third-order valence-corrected chi connectivity index (χ3v) is 2.75. The highest BCUT2D eigenvalue weighted by atomic mass is 16.5. The molecule has 0 saturated carbocycles. The molecule has 3 heteroatoms. The first-order valence-electron chi connectivity index (χ1n) is 6.68. The van der Waals surface area contributed by atoms with E-state index in [4.69, 9.17) is 14.6 Å². The maximum absolute atomic E-state index is 8.58. The molecule has 0 aliphatic rings. The van der Waals surface area contributed by atoms with Gasteiger partial charge in [-0.15, -0.1) is 0 Å². The first kappa shape index (κ1) is 16.9. The summed E-state index contributed by atoms with van der Waals surface area (Å²) in [6.07, 6.45) is 2.57. The Morgan fingerprint density at radius 2 is 1.65 bits per heavy atom. The molecule has 0 heterocycles. The van der Waals surface area contributed by atoms with Crippen LogP contribution in [0.15, 0.2) is 0 Å². The van der Waals surface area contributed by atoms with Crippen molar-refractivity contribution in [1.29, 1.82) is 0 Å². The van der Waals surface area contributed by atoms with E-state index in [2.05, 4.69) is 34.6 Å². The topological polar surface area (TPSA) is 38.7 Å². The van der Waals surface area contributed by atoms with Crippen molar-refractivity contribution in [1.82, 2.24) is 0 Å². The largest absolute Gasteiger partial charge is 0.394 e. The van der Waals surface area contributed by atoms with Crippen molar-refractivity contribution >= 4 is 0 Å². The molecule has 0 aliphatic carbocycles. The first-order chi connectivity index (χ1) is 7.88. The molecule has 0 spiro atoms. The number of rotatable bonds is 9. The second kappa shape index (κ2) is 8.90. The molecule has 0 amide bonds. The lowest BCUT2D eigenvalue weighted by atomic mass is 9.85. The summed E-state index contributed by atoms with van der Waals surface area (Å²) in [5.41, 5.74) is 0.172. The van der Waals surface area contributed by atoms with Crippen LogP contribution < -0.4 is 0 Å². The molecule has 0 aromatic rings. The Morgan fingerprint density at radius 3 is 2.12 bits per heavy atom. The molecule has 1 atom stereocenters. The zero-order valence-corrected chi connectivity index (χ0v) is 12.2. The summed E-state index contributed by atoms with van der Waals surface area (Å²) in [7, 11) is 0. The van der Waals surface area contributed by atoms with E-state index in [1.54, 1.807) is 0 Å². The predicted octanol–water partition coefficient (Wildman–Crippen LogP) is 2.86. The lowest BCUT2D eigenvalue weighted by Gasteiger charge is -2.31. The van der Waals surface area contributed by atoms with Crippen molar-refractivity contribution < 1.29 is 14.6 Å². The fourth-order valence-corrected chi connectivity index (χ4v) is 1.67. The monoisotopic (exact) mass is 246 g/mol. The molecule has 0 bridgehead atoms. The Balaban J connectivity index is 3.87. The fourth-order valence-electron chi connectivity index (χ4n) is 1.67. The number of aliphatic hydroxyl groups is 1. The first-order valence-corrected chi connectivity index (χ1v) is 6.68. The normalized spacial score (nSPS) is 14.3. The zero-order chi connectivity index (χ0) is 13.3. The molecular formula is C14H30O3. The Bertz CT molecular complexity index is 173. The van der Waals surface area contributed by atoms with Crippen LogP contribution in [0.5, 0.6) is 0 Å². The quantitative estimate of drug-likeness (QED) is 0.636. The summed E-state index contributed by atoms with van der Waals surface area (Å²) in [6, 6.07) is 0. The Labute approximate surface area is 107 Å². The van der Waals surface area contributed by atoms with Crippen LogP contribution in [0.3, 0.4) is 0 Å². The van der Waals surface area contributed by atoms with Gasteiger partial charge in [-0.3, -0.25) is 0 Å². The van der Waals surface area contributed by atoms with E-state index in [0.29, 0.717) is 25.7 Å². The second-order valence-corrected chi connectivity index (χ2v) is 6.03. The van der Waals surface area contributed by atoms with Gasteiger partial charge in [0, 0.05) is 0 Å². The molecule has 1 unspecified atom stereocenters. The molecule has 0 aromatic heterocycles. The summed E-state index contributed by atoms with van der Waals surface area (Å²) < 4.78 is 11.1. The SMILES string of the molecule is CC(C)CCC(OCCOCCO)C(C)(C)C. The van der Waals surface area contributed by atoms with Gasteiger partial charge in [0.25, 0.3) is 0 Å². The van der Waals surface area contributed by atoms with Gasteiger partial charge in [-0.2, -0.15) is 0 Å². The summed E-state index contributed by atoms with van der Waals surface area (Å²) in [5.74, 6) is 0.717. The third kappa shape index (κ3) is 9.57. The minimum Gasteiger partial charge on any atom is -0.394 e. The highest BCUT2D eigenvalue weighted by molar-refractivity contribution is 4.75. The standard InChI is InChI=1S/C14H30O3/c1-12(2)6-7-13(14(3,4)5)17-11-10-16-9-8-15/h12-13,15H,6-11H2,1-5H3. The van der Waals surface area contributed by atoms with Crippen molar-refractivity contribution in [2.75, 3.05) is 26.4 Å². The van der Waals surface area contributed by atoms with Crippen LogP contribution in [0.25, 0.3) is 0 Å². The van der Waals surface area contributed by atoms with Crippen LogP contribution in [-0.2, 0) is 9.47 Å².